The maximum absolute atomic E-state index is 13.2. The molecule has 1 aromatic rings. The number of methoxy groups -OCH3 is 1. The summed E-state index contributed by atoms with van der Waals surface area (Å²) >= 11 is 0. The molecule has 1 heterocycles. The lowest BCUT2D eigenvalue weighted by Gasteiger charge is -2.39. The Bertz CT molecular complexity index is 619. The van der Waals surface area contributed by atoms with Crippen molar-refractivity contribution >= 4 is 10.0 Å². The molecule has 0 aromatic heterocycles. The summed E-state index contributed by atoms with van der Waals surface area (Å²) in [6.45, 7) is 5.33. The third kappa shape index (κ3) is 3.00. The number of aliphatic hydroxyl groups excluding tert-OH is 1. The third-order valence-corrected chi connectivity index (χ3v) is 6.74. The van der Waals surface area contributed by atoms with Crippen molar-refractivity contribution in [1.82, 2.24) is 4.31 Å². The molecule has 0 radical (unpaired) electrons. The number of hydrogen-bond acceptors (Lipinski definition) is 4. The summed E-state index contributed by atoms with van der Waals surface area (Å²) in [6.07, 6.45) is 2.47. The second-order valence-electron chi connectivity index (χ2n) is 6.04. The molecule has 0 spiro atoms. The highest BCUT2D eigenvalue weighted by Crippen LogP contribution is 2.34. The van der Waals surface area contributed by atoms with E-state index in [1.807, 2.05) is 6.92 Å². The van der Waals surface area contributed by atoms with Crippen molar-refractivity contribution in [3.05, 3.63) is 23.3 Å². The van der Waals surface area contributed by atoms with Crippen molar-refractivity contribution in [2.75, 3.05) is 13.7 Å². The Labute approximate surface area is 133 Å². The Kier molecular flexibility index (Phi) is 5.14. The number of aryl methyl sites for hydroxylation is 2. The largest absolute Gasteiger partial charge is 0.497 e. The van der Waals surface area contributed by atoms with Crippen LogP contribution in [0.25, 0.3) is 0 Å². The number of sulfonamides is 1. The van der Waals surface area contributed by atoms with Gasteiger partial charge < -0.3 is 9.84 Å². The van der Waals surface area contributed by atoms with Gasteiger partial charge in [0.25, 0.3) is 0 Å². The van der Waals surface area contributed by atoms with Gasteiger partial charge in [-0.2, -0.15) is 4.31 Å². The van der Waals surface area contributed by atoms with Crippen LogP contribution in [-0.2, 0) is 10.0 Å². The van der Waals surface area contributed by atoms with E-state index in [4.69, 9.17) is 4.74 Å². The van der Waals surface area contributed by atoms with Gasteiger partial charge in [0.15, 0.2) is 0 Å². The minimum Gasteiger partial charge on any atom is -0.497 e. The average Bonchev–Trinajstić information content (AvgIpc) is 2.45. The fraction of sp³-hybridized carbons (Fsp3) is 0.625. The second kappa shape index (κ2) is 6.56. The van der Waals surface area contributed by atoms with Crippen molar-refractivity contribution in [2.45, 2.75) is 57.0 Å². The summed E-state index contributed by atoms with van der Waals surface area (Å²) < 4.78 is 33.1. The Hall–Kier alpha value is -1.11. The molecule has 0 bridgehead atoms. The van der Waals surface area contributed by atoms with E-state index in [9.17, 15) is 13.5 Å². The molecule has 5 nitrogen and oxygen atoms in total. The highest BCUT2D eigenvalue weighted by molar-refractivity contribution is 7.89. The van der Waals surface area contributed by atoms with E-state index >= 15 is 0 Å². The summed E-state index contributed by atoms with van der Waals surface area (Å²) in [5.74, 6) is 0.652. The van der Waals surface area contributed by atoms with Crippen molar-refractivity contribution < 1.29 is 18.3 Å². The van der Waals surface area contributed by atoms with Crippen LogP contribution in [0, 0.1) is 13.8 Å². The van der Waals surface area contributed by atoms with E-state index in [2.05, 4.69) is 0 Å². The van der Waals surface area contributed by atoms with Gasteiger partial charge in [0, 0.05) is 12.1 Å². The highest BCUT2D eigenvalue weighted by Gasteiger charge is 2.38. The third-order valence-electron chi connectivity index (χ3n) is 4.37. The normalized spacial score (nSPS) is 23.5. The molecular formula is C16H25NO4S. The first kappa shape index (κ1) is 17.2. The second-order valence-corrected chi connectivity index (χ2v) is 7.82. The predicted molar refractivity (Wildman–Crippen MR) is 85.7 cm³/mol. The van der Waals surface area contributed by atoms with Gasteiger partial charge in [-0.25, -0.2) is 8.42 Å². The highest BCUT2D eigenvalue weighted by atomic mass is 32.2. The number of nitrogens with zero attached hydrogens (tertiary/aromatic N) is 1. The fourth-order valence-electron chi connectivity index (χ4n) is 3.41. The zero-order valence-corrected chi connectivity index (χ0v) is 14.5. The number of hydrogen-bond donors (Lipinski definition) is 1. The Balaban J connectivity index is 2.54. The molecular weight excluding hydrogens is 302 g/mol. The Morgan fingerprint density at radius 3 is 2.36 bits per heavy atom. The molecule has 2 atom stereocenters. The first-order valence-corrected chi connectivity index (χ1v) is 9.06. The molecule has 0 aliphatic carbocycles. The van der Waals surface area contributed by atoms with E-state index in [1.165, 1.54) is 4.31 Å². The molecule has 2 rings (SSSR count). The molecule has 1 aromatic carbocycles. The molecule has 1 fully saturated rings. The molecule has 1 aliphatic heterocycles. The maximum Gasteiger partial charge on any atom is 0.244 e. The SMILES string of the molecule is COc1cc(C)c(S(=O)(=O)N2[C@H](CO)CCC[C@@H]2C)c(C)c1. The van der Waals surface area contributed by atoms with Gasteiger partial charge in [-0.05, 0) is 56.9 Å². The van der Waals surface area contributed by atoms with Crippen LogP contribution in [0.2, 0.25) is 0 Å². The summed E-state index contributed by atoms with van der Waals surface area (Å²) in [5, 5.41) is 9.58. The molecule has 0 saturated carbocycles. The van der Waals surface area contributed by atoms with Crippen molar-refractivity contribution in [1.29, 1.82) is 0 Å². The summed E-state index contributed by atoms with van der Waals surface area (Å²) in [4.78, 5) is 0.334. The fourth-order valence-corrected chi connectivity index (χ4v) is 5.70. The van der Waals surface area contributed by atoms with Crippen molar-refractivity contribution in [3.8, 4) is 5.75 Å². The van der Waals surface area contributed by atoms with Crippen molar-refractivity contribution in [3.63, 3.8) is 0 Å². The zero-order valence-electron chi connectivity index (χ0n) is 13.7. The van der Waals surface area contributed by atoms with Gasteiger partial charge >= 0.3 is 0 Å². The van der Waals surface area contributed by atoms with Crippen LogP contribution >= 0.6 is 0 Å². The molecule has 22 heavy (non-hydrogen) atoms. The van der Waals surface area contributed by atoms with Gasteiger partial charge in [-0.15, -0.1) is 0 Å². The standard InChI is InChI=1S/C16H25NO4S/c1-11-8-15(21-4)9-12(2)16(11)22(19,20)17-13(3)6-5-7-14(17)10-18/h8-9,13-14,18H,5-7,10H2,1-4H3/t13-,14-/m0/s1. The first-order chi connectivity index (χ1) is 10.3. The van der Waals surface area contributed by atoms with E-state index in [-0.39, 0.29) is 18.7 Å². The van der Waals surface area contributed by atoms with Crippen LogP contribution in [0.5, 0.6) is 5.75 Å². The summed E-state index contributed by atoms with van der Waals surface area (Å²) in [7, 11) is -2.07. The molecule has 1 saturated heterocycles. The molecule has 124 valence electrons. The molecule has 0 amide bonds. The monoisotopic (exact) mass is 327 g/mol. The van der Waals surface area contributed by atoms with Gasteiger partial charge in [-0.1, -0.05) is 6.42 Å². The number of piperidine rings is 1. The lowest BCUT2D eigenvalue weighted by Crippen LogP contribution is -2.50. The first-order valence-electron chi connectivity index (χ1n) is 7.62. The zero-order chi connectivity index (χ0) is 16.5. The van der Waals surface area contributed by atoms with E-state index < -0.39 is 10.0 Å². The number of benzene rings is 1. The van der Waals surface area contributed by atoms with Gasteiger partial charge in [0.05, 0.1) is 18.6 Å². The van der Waals surface area contributed by atoms with Crippen LogP contribution in [0.3, 0.4) is 0 Å². The minimum absolute atomic E-state index is 0.100. The van der Waals surface area contributed by atoms with Crippen LogP contribution in [0.1, 0.15) is 37.3 Å². The van der Waals surface area contributed by atoms with E-state index in [0.29, 0.717) is 28.2 Å². The molecule has 0 unspecified atom stereocenters. The van der Waals surface area contributed by atoms with Crippen LogP contribution < -0.4 is 4.74 Å². The quantitative estimate of drug-likeness (QED) is 0.921. The predicted octanol–water partition coefficient (Wildman–Crippen LogP) is 2.24. The van der Waals surface area contributed by atoms with Gasteiger partial charge in [0.2, 0.25) is 10.0 Å². The lowest BCUT2D eigenvalue weighted by molar-refractivity contribution is 0.122. The topological polar surface area (TPSA) is 66.8 Å². The number of aliphatic hydroxyl groups is 1. The Morgan fingerprint density at radius 2 is 1.86 bits per heavy atom. The average molecular weight is 327 g/mol. The van der Waals surface area contributed by atoms with Crippen molar-refractivity contribution in [2.24, 2.45) is 0 Å². The number of ether oxygens (including phenoxy) is 1. The van der Waals surface area contributed by atoms with Crippen LogP contribution in [0.4, 0.5) is 0 Å². The van der Waals surface area contributed by atoms with E-state index in [0.717, 1.165) is 12.8 Å². The number of rotatable bonds is 4. The van der Waals surface area contributed by atoms with Gasteiger partial charge in [0.1, 0.15) is 5.75 Å². The molecule has 6 heteroatoms. The minimum atomic E-state index is -3.64. The maximum atomic E-state index is 13.2. The summed E-state index contributed by atoms with van der Waals surface area (Å²) in [5.41, 5.74) is 1.35. The van der Waals surface area contributed by atoms with Crippen LogP contribution in [-0.4, -0.2) is 43.6 Å². The van der Waals surface area contributed by atoms with E-state index in [1.54, 1.807) is 33.1 Å². The molecule has 1 aliphatic rings. The Morgan fingerprint density at radius 1 is 1.27 bits per heavy atom. The van der Waals surface area contributed by atoms with Gasteiger partial charge in [-0.3, -0.25) is 0 Å². The summed E-state index contributed by atoms with van der Waals surface area (Å²) in [6, 6.07) is 3.04. The molecule has 1 N–H and O–H groups in total. The smallest absolute Gasteiger partial charge is 0.244 e. The lowest BCUT2D eigenvalue weighted by atomic mass is 10.0. The van der Waals surface area contributed by atoms with Crippen LogP contribution in [0.15, 0.2) is 17.0 Å².